The van der Waals surface area contributed by atoms with Crippen LogP contribution in [0.4, 0.5) is 17.3 Å². The number of hydrogen-bond acceptors (Lipinski definition) is 5. The summed E-state index contributed by atoms with van der Waals surface area (Å²) in [5, 5.41) is 7.35. The lowest BCUT2D eigenvalue weighted by atomic mass is 10.2. The molecule has 0 amide bonds. The average Bonchev–Trinajstić information content (AvgIpc) is 2.67. The zero-order valence-corrected chi connectivity index (χ0v) is 16.4. The van der Waals surface area contributed by atoms with E-state index in [2.05, 4.69) is 39.6 Å². The third kappa shape index (κ3) is 5.67. The number of benzene rings is 2. The summed E-state index contributed by atoms with van der Waals surface area (Å²) in [5.74, 6) is 2.16. The highest BCUT2D eigenvalue weighted by atomic mass is 35.5. The molecule has 0 aliphatic heterocycles. The van der Waals surface area contributed by atoms with Gasteiger partial charge in [0.2, 0.25) is 0 Å². The van der Waals surface area contributed by atoms with Crippen molar-refractivity contribution >= 4 is 28.9 Å². The van der Waals surface area contributed by atoms with Crippen molar-refractivity contribution in [3.63, 3.8) is 0 Å². The molecule has 27 heavy (non-hydrogen) atoms. The monoisotopic (exact) mass is 381 g/mol. The Morgan fingerprint density at radius 2 is 1.63 bits per heavy atom. The summed E-state index contributed by atoms with van der Waals surface area (Å²) in [6.07, 6.45) is 1.03. The van der Waals surface area contributed by atoms with Crippen LogP contribution in [0.15, 0.2) is 60.7 Å². The molecule has 2 N–H and O–H groups in total. The molecule has 0 aliphatic carbocycles. The fraction of sp³-hybridized carbons (Fsp3) is 0.238. The molecule has 0 saturated heterocycles. The van der Waals surface area contributed by atoms with Crippen LogP contribution in [0.25, 0.3) is 11.4 Å². The van der Waals surface area contributed by atoms with Gasteiger partial charge in [0.25, 0.3) is 0 Å². The molecule has 140 valence electrons. The van der Waals surface area contributed by atoms with Crippen LogP contribution >= 0.6 is 11.6 Å². The van der Waals surface area contributed by atoms with E-state index in [1.807, 2.05) is 60.7 Å². The van der Waals surface area contributed by atoms with Crippen molar-refractivity contribution < 1.29 is 0 Å². The fourth-order valence-electron chi connectivity index (χ4n) is 2.63. The van der Waals surface area contributed by atoms with Gasteiger partial charge in [0.05, 0.1) is 10.7 Å². The van der Waals surface area contributed by atoms with Gasteiger partial charge >= 0.3 is 0 Å². The van der Waals surface area contributed by atoms with Gasteiger partial charge in [0.15, 0.2) is 5.82 Å². The van der Waals surface area contributed by atoms with Gasteiger partial charge < -0.3 is 15.5 Å². The van der Waals surface area contributed by atoms with Crippen molar-refractivity contribution in [2.75, 3.05) is 37.8 Å². The third-order valence-corrected chi connectivity index (χ3v) is 4.31. The first-order valence-corrected chi connectivity index (χ1v) is 9.34. The average molecular weight is 382 g/mol. The van der Waals surface area contributed by atoms with Crippen LogP contribution in [0.1, 0.15) is 6.42 Å². The number of hydrogen-bond donors (Lipinski definition) is 2. The highest BCUT2D eigenvalue weighted by Gasteiger charge is 2.08. The van der Waals surface area contributed by atoms with Gasteiger partial charge in [-0.05, 0) is 39.2 Å². The largest absolute Gasteiger partial charge is 0.370 e. The van der Waals surface area contributed by atoms with Gasteiger partial charge in [-0.15, -0.1) is 0 Å². The standard InChI is InChI=1S/C21H24ClN5/c1-27(2)14-8-13-23-19-15-20(24-18-12-7-6-11-17(18)22)26-21(25-19)16-9-4-3-5-10-16/h3-7,9-12,15H,8,13-14H2,1-2H3,(H2,23,24,25,26). The Bertz CT molecular complexity index is 867. The number of nitrogens with zero attached hydrogens (tertiary/aromatic N) is 3. The summed E-state index contributed by atoms with van der Waals surface area (Å²) in [6, 6.07) is 19.5. The smallest absolute Gasteiger partial charge is 0.163 e. The molecular formula is C21H24ClN5. The van der Waals surface area contributed by atoms with E-state index in [0.717, 1.165) is 36.6 Å². The van der Waals surface area contributed by atoms with Gasteiger partial charge in [-0.3, -0.25) is 0 Å². The van der Waals surface area contributed by atoms with E-state index in [1.54, 1.807) is 0 Å². The molecule has 1 heterocycles. The second-order valence-corrected chi connectivity index (χ2v) is 6.92. The lowest BCUT2D eigenvalue weighted by molar-refractivity contribution is 0.405. The van der Waals surface area contributed by atoms with Crippen molar-refractivity contribution in [1.82, 2.24) is 14.9 Å². The number of rotatable bonds is 8. The quantitative estimate of drug-likeness (QED) is 0.543. The second kappa shape index (κ2) is 9.35. The topological polar surface area (TPSA) is 53.1 Å². The fourth-order valence-corrected chi connectivity index (χ4v) is 2.81. The van der Waals surface area contributed by atoms with E-state index in [4.69, 9.17) is 11.6 Å². The van der Waals surface area contributed by atoms with E-state index >= 15 is 0 Å². The molecule has 0 saturated carbocycles. The lowest BCUT2D eigenvalue weighted by Gasteiger charge is -2.13. The van der Waals surface area contributed by atoms with Crippen LogP contribution in [0.5, 0.6) is 0 Å². The number of aromatic nitrogens is 2. The minimum absolute atomic E-state index is 0.651. The summed E-state index contributed by atoms with van der Waals surface area (Å²) in [7, 11) is 4.15. The minimum Gasteiger partial charge on any atom is -0.370 e. The molecule has 3 aromatic rings. The molecule has 2 aromatic carbocycles. The summed E-state index contributed by atoms with van der Waals surface area (Å²) in [5.41, 5.74) is 1.78. The number of halogens is 1. The molecule has 5 nitrogen and oxygen atoms in total. The zero-order chi connectivity index (χ0) is 19.1. The molecule has 0 spiro atoms. The molecule has 0 fully saturated rings. The second-order valence-electron chi connectivity index (χ2n) is 6.52. The van der Waals surface area contributed by atoms with Gasteiger partial charge in [-0.1, -0.05) is 54.1 Å². The lowest BCUT2D eigenvalue weighted by Crippen LogP contribution is -2.16. The zero-order valence-electron chi connectivity index (χ0n) is 15.6. The molecule has 0 unspecified atom stereocenters. The Kier molecular flexibility index (Phi) is 6.63. The molecule has 6 heteroatoms. The van der Waals surface area contributed by atoms with Crippen LogP contribution in [-0.2, 0) is 0 Å². The van der Waals surface area contributed by atoms with Crippen LogP contribution < -0.4 is 10.6 Å². The van der Waals surface area contributed by atoms with Crippen LogP contribution in [0.3, 0.4) is 0 Å². The minimum atomic E-state index is 0.651. The van der Waals surface area contributed by atoms with E-state index in [0.29, 0.717) is 16.7 Å². The Hall–Kier alpha value is -2.63. The maximum atomic E-state index is 6.28. The molecular weight excluding hydrogens is 358 g/mol. The molecule has 0 aliphatic rings. The highest BCUT2D eigenvalue weighted by Crippen LogP contribution is 2.26. The van der Waals surface area contributed by atoms with Gasteiger partial charge in [-0.25, -0.2) is 9.97 Å². The SMILES string of the molecule is CN(C)CCCNc1cc(Nc2ccccc2Cl)nc(-c2ccccc2)n1. The highest BCUT2D eigenvalue weighted by molar-refractivity contribution is 6.33. The van der Waals surface area contributed by atoms with Crippen molar-refractivity contribution in [3.05, 3.63) is 65.7 Å². The van der Waals surface area contributed by atoms with Gasteiger partial charge in [0.1, 0.15) is 11.6 Å². The number of nitrogens with one attached hydrogen (secondary N) is 2. The molecule has 3 rings (SSSR count). The third-order valence-electron chi connectivity index (χ3n) is 3.98. The molecule has 0 radical (unpaired) electrons. The first-order chi connectivity index (χ1) is 13.1. The van der Waals surface area contributed by atoms with Crippen molar-refractivity contribution in [3.8, 4) is 11.4 Å². The predicted molar refractivity (Wildman–Crippen MR) is 114 cm³/mol. The summed E-state index contributed by atoms with van der Waals surface area (Å²) < 4.78 is 0. The van der Waals surface area contributed by atoms with Crippen molar-refractivity contribution in [2.24, 2.45) is 0 Å². The van der Waals surface area contributed by atoms with E-state index < -0.39 is 0 Å². The molecule has 0 bridgehead atoms. The van der Waals surface area contributed by atoms with Crippen LogP contribution in [0.2, 0.25) is 5.02 Å². The maximum absolute atomic E-state index is 6.28. The normalized spacial score (nSPS) is 10.8. The van der Waals surface area contributed by atoms with E-state index in [9.17, 15) is 0 Å². The Morgan fingerprint density at radius 1 is 0.926 bits per heavy atom. The van der Waals surface area contributed by atoms with Crippen LogP contribution in [0, 0.1) is 0 Å². The summed E-state index contributed by atoms with van der Waals surface area (Å²) in [6.45, 7) is 1.86. The maximum Gasteiger partial charge on any atom is 0.163 e. The first-order valence-electron chi connectivity index (χ1n) is 8.96. The van der Waals surface area contributed by atoms with Gasteiger partial charge in [-0.2, -0.15) is 0 Å². The molecule has 0 atom stereocenters. The van der Waals surface area contributed by atoms with Crippen molar-refractivity contribution in [2.45, 2.75) is 6.42 Å². The van der Waals surface area contributed by atoms with E-state index in [1.165, 1.54) is 0 Å². The van der Waals surface area contributed by atoms with E-state index in [-0.39, 0.29) is 0 Å². The Morgan fingerprint density at radius 3 is 2.37 bits per heavy atom. The van der Waals surface area contributed by atoms with Gasteiger partial charge in [0, 0.05) is 18.2 Å². The van der Waals surface area contributed by atoms with Crippen molar-refractivity contribution in [1.29, 1.82) is 0 Å². The summed E-state index contributed by atoms with van der Waals surface area (Å²) in [4.78, 5) is 11.5. The molecule has 1 aromatic heterocycles. The Labute approximate surface area is 165 Å². The number of para-hydroxylation sites is 1. The number of anilines is 3. The summed E-state index contributed by atoms with van der Waals surface area (Å²) >= 11 is 6.28. The van der Waals surface area contributed by atoms with Crippen LogP contribution in [-0.4, -0.2) is 42.1 Å². The first kappa shape index (κ1) is 19.1. The Balaban J connectivity index is 1.85. The predicted octanol–water partition coefficient (Wildman–Crippen LogP) is 4.90.